The molecule has 5 nitrogen and oxygen atoms in total. The number of aryl methyl sites for hydroxylation is 3. The molecule has 2 aromatic carbocycles. The van der Waals surface area contributed by atoms with Crippen molar-refractivity contribution in [3.63, 3.8) is 0 Å². The molecule has 0 aliphatic heterocycles. The molecule has 0 saturated heterocycles. The van der Waals surface area contributed by atoms with Gasteiger partial charge in [-0.2, -0.15) is 0 Å². The van der Waals surface area contributed by atoms with Crippen molar-refractivity contribution < 1.29 is 22.8 Å². The van der Waals surface area contributed by atoms with E-state index in [4.69, 9.17) is 0 Å². The van der Waals surface area contributed by atoms with Gasteiger partial charge in [-0.15, -0.1) is 0 Å². The molecular weight excluding hydrogens is 371 g/mol. The lowest BCUT2D eigenvalue weighted by Gasteiger charge is -2.18. The van der Waals surface area contributed by atoms with E-state index in [2.05, 4.69) is 10.6 Å². The number of rotatable bonds is 6. The zero-order valence-corrected chi connectivity index (χ0v) is 16.1. The molecule has 0 bridgehead atoms. The van der Waals surface area contributed by atoms with Gasteiger partial charge in [-0.1, -0.05) is 17.7 Å². The first kappa shape index (κ1) is 21.4. The molecule has 0 aromatic heterocycles. The predicted octanol–water partition coefficient (Wildman–Crippen LogP) is 3.54. The fourth-order valence-electron chi connectivity index (χ4n) is 2.91. The second-order valence-corrected chi connectivity index (χ2v) is 6.77. The van der Waals surface area contributed by atoms with Crippen molar-refractivity contribution in [1.82, 2.24) is 4.90 Å². The number of likely N-dealkylation sites (N-methyl/N-ethyl adjacent to an activating group) is 1. The van der Waals surface area contributed by atoms with Gasteiger partial charge < -0.3 is 10.6 Å². The molecule has 0 atom stereocenters. The summed E-state index contributed by atoms with van der Waals surface area (Å²) in [4.78, 5) is 25.7. The molecule has 0 spiro atoms. The van der Waals surface area contributed by atoms with Gasteiger partial charge in [0.15, 0.2) is 17.5 Å². The molecule has 0 aliphatic carbocycles. The topological polar surface area (TPSA) is 61.4 Å². The van der Waals surface area contributed by atoms with Crippen molar-refractivity contribution in [3.05, 3.63) is 58.4 Å². The van der Waals surface area contributed by atoms with Gasteiger partial charge in [0.1, 0.15) is 0 Å². The standard InChI is InChI=1S/C20H22F3N3O2/c1-11-7-12(2)20(13(3)8-11)25-17(28)10-26(4)9-16(27)24-15-6-5-14(21)18(22)19(15)23/h5-8H,9-10H2,1-4H3,(H,24,27)(H,25,28). The Labute approximate surface area is 161 Å². The molecule has 2 rings (SSSR count). The number of nitrogens with one attached hydrogen (secondary N) is 2. The van der Waals surface area contributed by atoms with Crippen LogP contribution in [0.2, 0.25) is 0 Å². The number of nitrogens with zero attached hydrogens (tertiary/aromatic N) is 1. The van der Waals surface area contributed by atoms with Crippen LogP contribution in [0.5, 0.6) is 0 Å². The highest BCUT2D eigenvalue weighted by Crippen LogP contribution is 2.22. The minimum absolute atomic E-state index is 0.0829. The van der Waals surface area contributed by atoms with Crippen LogP contribution in [0.25, 0.3) is 0 Å². The summed E-state index contributed by atoms with van der Waals surface area (Å²) in [6.45, 7) is 5.43. The van der Waals surface area contributed by atoms with Crippen LogP contribution in [0.15, 0.2) is 24.3 Å². The van der Waals surface area contributed by atoms with E-state index in [9.17, 15) is 22.8 Å². The maximum Gasteiger partial charge on any atom is 0.238 e. The third-order valence-corrected chi connectivity index (χ3v) is 4.08. The van der Waals surface area contributed by atoms with Crippen LogP contribution in [0, 0.1) is 38.2 Å². The zero-order valence-electron chi connectivity index (χ0n) is 16.1. The smallest absolute Gasteiger partial charge is 0.238 e. The van der Waals surface area contributed by atoms with E-state index in [1.54, 1.807) is 0 Å². The van der Waals surface area contributed by atoms with Gasteiger partial charge in [0.2, 0.25) is 11.8 Å². The quantitative estimate of drug-likeness (QED) is 0.738. The number of hydrogen-bond donors (Lipinski definition) is 2. The molecule has 0 aliphatic rings. The summed E-state index contributed by atoms with van der Waals surface area (Å²) in [5.74, 6) is -5.45. The molecule has 0 saturated carbocycles. The van der Waals surface area contributed by atoms with Crippen LogP contribution in [-0.4, -0.2) is 36.9 Å². The second-order valence-electron chi connectivity index (χ2n) is 6.77. The van der Waals surface area contributed by atoms with Gasteiger partial charge >= 0.3 is 0 Å². The summed E-state index contributed by atoms with van der Waals surface area (Å²) in [5.41, 5.74) is 3.20. The summed E-state index contributed by atoms with van der Waals surface area (Å²) in [6, 6.07) is 5.56. The van der Waals surface area contributed by atoms with E-state index in [-0.39, 0.29) is 19.0 Å². The lowest BCUT2D eigenvalue weighted by atomic mass is 10.1. The second kappa shape index (κ2) is 8.88. The molecule has 2 aromatic rings. The number of carbonyl (C=O) groups is 2. The third-order valence-electron chi connectivity index (χ3n) is 4.08. The fraction of sp³-hybridized carbons (Fsp3) is 0.300. The summed E-state index contributed by atoms with van der Waals surface area (Å²) < 4.78 is 39.7. The maximum atomic E-state index is 13.6. The summed E-state index contributed by atoms with van der Waals surface area (Å²) in [6.07, 6.45) is 0. The summed E-state index contributed by atoms with van der Waals surface area (Å²) >= 11 is 0. The Bertz CT molecular complexity index is 893. The summed E-state index contributed by atoms with van der Waals surface area (Å²) in [5, 5.41) is 4.98. The van der Waals surface area contributed by atoms with Crippen LogP contribution in [0.1, 0.15) is 16.7 Å². The lowest BCUT2D eigenvalue weighted by molar-refractivity contribution is -0.119. The van der Waals surface area contributed by atoms with Crippen molar-refractivity contribution in [2.75, 3.05) is 30.8 Å². The monoisotopic (exact) mass is 393 g/mol. The Hall–Kier alpha value is -2.87. The molecule has 0 heterocycles. The first-order valence-electron chi connectivity index (χ1n) is 8.58. The largest absolute Gasteiger partial charge is 0.324 e. The van der Waals surface area contributed by atoms with E-state index in [0.29, 0.717) is 0 Å². The minimum atomic E-state index is -1.66. The average molecular weight is 393 g/mol. The van der Waals surface area contributed by atoms with Crippen molar-refractivity contribution in [1.29, 1.82) is 0 Å². The van der Waals surface area contributed by atoms with Crippen molar-refractivity contribution in [2.45, 2.75) is 20.8 Å². The van der Waals surface area contributed by atoms with Crippen molar-refractivity contribution >= 4 is 23.2 Å². The molecule has 150 valence electrons. The fourth-order valence-corrected chi connectivity index (χ4v) is 2.91. The first-order valence-corrected chi connectivity index (χ1v) is 8.58. The number of carbonyl (C=O) groups excluding carboxylic acids is 2. The maximum absolute atomic E-state index is 13.6. The van der Waals surface area contributed by atoms with E-state index in [1.165, 1.54) is 11.9 Å². The minimum Gasteiger partial charge on any atom is -0.324 e. The highest BCUT2D eigenvalue weighted by molar-refractivity contribution is 5.95. The number of anilines is 2. The van der Waals surface area contributed by atoms with Crippen LogP contribution in [0.4, 0.5) is 24.5 Å². The van der Waals surface area contributed by atoms with Crippen LogP contribution in [0.3, 0.4) is 0 Å². The Balaban J connectivity index is 1.93. The molecule has 2 N–H and O–H groups in total. The highest BCUT2D eigenvalue weighted by atomic mass is 19.2. The SMILES string of the molecule is Cc1cc(C)c(NC(=O)CN(C)CC(=O)Nc2ccc(F)c(F)c2F)c(C)c1. The third kappa shape index (κ3) is 5.32. The molecular formula is C20H22F3N3O2. The van der Waals surface area contributed by atoms with Gasteiger partial charge in [0, 0.05) is 5.69 Å². The molecule has 2 amide bonds. The van der Waals surface area contributed by atoms with Crippen LogP contribution < -0.4 is 10.6 Å². The van der Waals surface area contributed by atoms with E-state index in [0.717, 1.165) is 34.5 Å². The molecule has 28 heavy (non-hydrogen) atoms. The molecule has 8 heteroatoms. The van der Waals surface area contributed by atoms with Crippen molar-refractivity contribution in [2.24, 2.45) is 0 Å². The molecule has 0 unspecified atom stereocenters. The number of benzene rings is 2. The van der Waals surface area contributed by atoms with E-state index in [1.807, 2.05) is 32.9 Å². The number of halogens is 3. The average Bonchev–Trinajstić information content (AvgIpc) is 2.58. The lowest BCUT2D eigenvalue weighted by Crippen LogP contribution is -2.36. The van der Waals surface area contributed by atoms with Crippen molar-refractivity contribution in [3.8, 4) is 0 Å². The Morgan fingerprint density at radius 1 is 0.893 bits per heavy atom. The highest BCUT2D eigenvalue weighted by Gasteiger charge is 2.17. The van der Waals surface area contributed by atoms with Gasteiger partial charge in [0.25, 0.3) is 0 Å². The predicted molar refractivity (Wildman–Crippen MR) is 102 cm³/mol. The normalized spacial score (nSPS) is 10.9. The van der Waals surface area contributed by atoms with Gasteiger partial charge in [0.05, 0.1) is 18.8 Å². The number of hydrogen-bond acceptors (Lipinski definition) is 3. The van der Waals surface area contributed by atoms with Gasteiger partial charge in [-0.25, -0.2) is 13.2 Å². The first-order chi connectivity index (χ1) is 13.1. The Morgan fingerprint density at radius 2 is 1.43 bits per heavy atom. The molecule has 0 radical (unpaired) electrons. The van der Waals surface area contributed by atoms with Crippen LogP contribution in [-0.2, 0) is 9.59 Å². The van der Waals surface area contributed by atoms with Gasteiger partial charge in [-0.3, -0.25) is 14.5 Å². The zero-order chi connectivity index (χ0) is 21.0. The molecule has 0 fully saturated rings. The summed E-state index contributed by atoms with van der Waals surface area (Å²) in [7, 11) is 1.54. The van der Waals surface area contributed by atoms with E-state index >= 15 is 0 Å². The Kier molecular flexibility index (Phi) is 6.80. The van der Waals surface area contributed by atoms with Gasteiger partial charge in [-0.05, 0) is 51.1 Å². The van der Waals surface area contributed by atoms with Crippen LogP contribution >= 0.6 is 0 Å². The van der Waals surface area contributed by atoms with E-state index < -0.39 is 29.0 Å². The Morgan fingerprint density at radius 3 is 2.00 bits per heavy atom. The number of amides is 2.